The van der Waals surface area contributed by atoms with Gasteiger partial charge in [0, 0.05) is 10.9 Å². The standard InChI is InChI=1S/C15H19ClO3/c16-12-6-4-5-11(9-12)13-7-2-1-3-8-15(13,19)10-14(17)18/h4-6,9,13,19H,1-3,7-8,10H2,(H,17,18). The van der Waals surface area contributed by atoms with Crippen LogP contribution in [0.15, 0.2) is 24.3 Å². The minimum Gasteiger partial charge on any atom is -0.481 e. The minimum absolute atomic E-state index is 0.148. The topological polar surface area (TPSA) is 57.5 Å². The first-order chi connectivity index (χ1) is 9.01. The summed E-state index contributed by atoms with van der Waals surface area (Å²) in [6.07, 6.45) is 4.07. The second-order valence-electron chi connectivity index (χ2n) is 5.38. The summed E-state index contributed by atoms with van der Waals surface area (Å²) in [5.41, 5.74) is -0.217. The smallest absolute Gasteiger partial charge is 0.306 e. The van der Waals surface area contributed by atoms with Gasteiger partial charge < -0.3 is 10.2 Å². The molecular weight excluding hydrogens is 264 g/mol. The van der Waals surface area contributed by atoms with E-state index in [0.29, 0.717) is 11.4 Å². The van der Waals surface area contributed by atoms with Crippen LogP contribution in [0.5, 0.6) is 0 Å². The Balaban J connectivity index is 2.34. The lowest BCUT2D eigenvalue weighted by Crippen LogP contribution is -2.38. The van der Waals surface area contributed by atoms with Crippen LogP contribution in [0.25, 0.3) is 0 Å². The summed E-state index contributed by atoms with van der Waals surface area (Å²) in [6, 6.07) is 7.40. The van der Waals surface area contributed by atoms with Crippen molar-refractivity contribution < 1.29 is 15.0 Å². The van der Waals surface area contributed by atoms with Gasteiger partial charge in [0.05, 0.1) is 12.0 Å². The third kappa shape index (κ3) is 3.48. The molecule has 4 heteroatoms. The van der Waals surface area contributed by atoms with Crippen molar-refractivity contribution in [2.24, 2.45) is 0 Å². The highest BCUT2D eigenvalue weighted by molar-refractivity contribution is 6.30. The molecule has 0 saturated heterocycles. The molecule has 0 aliphatic heterocycles. The maximum Gasteiger partial charge on any atom is 0.306 e. The summed E-state index contributed by atoms with van der Waals surface area (Å²) in [5, 5.41) is 20.5. The van der Waals surface area contributed by atoms with E-state index in [-0.39, 0.29) is 12.3 Å². The Bertz CT molecular complexity index is 460. The van der Waals surface area contributed by atoms with Crippen molar-refractivity contribution in [1.82, 2.24) is 0 Å². The van der Waals surface area contributed by atoms with Gasteiger partial charge in [-0.05, 0) is 30.5 Å². The summed E-state index contributed by atoms with van der Waals surface area (Å²) in [4.78, 5) is 11.0. The SMILES string of the molecule is O=C(O)CC1(O)CCCCCC1c1cccc(Cl)c1. The van der Waals surface area contributed by atoms with Crippen molar-refractivity contribution in [3.05, 3.63) is 34.9 Å². The molecule has 0 bridgehead atoms. The zero-order chi connectivity index (χ0) is 13.9. The number of halogens is 1. The molecular formula is C15H19ClO3. The first-order valence-electron chi connectivity index (χ1n) is 6.71. The monoisotopic (exact) mass is 282 g/mol. The van der Waals surface area contributed by atoms with Crippen LogP contribution in [0.2, 0.25) is 5.02 Å². The highest BCUT2D eigenvalue weighted by atomic mass is 35.5. The van der Waals surface area contributed by atoms with Crippen molar-refractivity contribution in [1.29, 1.82) is 0 Å². The molecule has 2 N–H and O–H groups in total. The fourth-order valence-electron chi connectivity index (χ4n) is 3.07. The fraction of sp³-hybridized carbons (Fsp3) is 0.533. The maximum absolute atomic E-state index is 11.0. The van der Waals surface area contributed by atoms with Crippen molar-refractivity contribution in [3.63, 3.8) is 0 Å². The molecule has 0 aromatic heterocycles. The number of aliphatic carboxylic acids is 1. The highest BCUT2D eigenvalue weighted by Gasteiger charge is 2.40. The number of aliphatic hydroxyl groups is 1. The van der Waals surface area contributed by atoms with Gasteiger partial charge in [-0.25, -0.2) is 0 Å². The van der Waals surface area contributed by atoms with Gasteiger partial charge in [0.2, 0.25) is 0 Å². The van der Waals surface area contributed by atoms with Gasteiger partial charge in [-0.3, -0.25) is 4.79 Å². The van der Waals surface area contributed by atoms with Crippen LogP contribution in [0, 0.1) is 0 Å². The van der Waals surface area contributed by atoms with Crippen molar-refractivity contribution in [3.8, 4) is 0 Å². The van der Waals surface area contributed by atoms with E-state index < -0.39 is 11.6 Å². The second kappa shape index (κ2) is 5.93. The number of hydrogen-bond donors (Lipinski definition) is 2. The van der Waals surface area contributed by atoms with Crippen molar-refractivity contribution in [2.75, 3.05) is 0 Å². The molecule has 0 heterocycles. The molecule has 19 heavy (non-hydrogen) atoms. The van der Waals surface area contributed by atoms with E-state index in [1.807, 2.05) is 18.2 Å². The Labute approximate surface area is 118 Å². The number of hydrogen-bond acceptors (Lipinski definition) is 2. The molecule has 2 rings (SSSR count). The molecule has 1 aliphatic carbocycles. The predicted molar refractivity (Wildman–Crippen MR) is 74.5 cm³/mol. The van der Waals surface area contributed by atoms with E-state index in [4.69, 9.17) is 16.7 Å². The van der Waals surface area contributed by atoms with Gasteiger partial charge in [-0.2, -0.15) is 0 Å². The molecule has 1 aromatic carbocycles. The molecule has 1 fully saturated rings. The van der Waals surface area contributed by atoms with Crippen LogP contribution in [0.4, 0.5) is 0 Å². The van der Waals surface area contributed by atoms with E-state index in [1.54, 1.807) is 6.07 Å². The molecule has 2 unspecified atom stereocenters. The quantitative estimate of drug-likeness (QED) is 0.833. The van der Waals surface area contributed by atoms with E-state index >= 15 is 0 Å². The summed E-state index contributed by atoms with van der Waals surface area (Å²) in [5.74, 6) is -1.10. The molecule has 1 aromatic rings. The largest absolute Gasteiger partial charge is 0.481 e. The van der Waals surface area contributed by atoms with Crippen LogP contribution >= 0.6 is 11.6 Å². The Kier molecular flexibility index (Phi) is 4.48. The van der Waals surface area contributed by atoms with Gasteiger partial charge in [-0.15, -0.1) is 0 Å². The van der Waals surface area contributed by atoms with E-state index in [0.717, 1.165) is 31.2 Å². The van der Waals surface area contributed by atoms with E-state index in [1.165, 1.54) is 0 Å². The maximum atomic E-state index is 11.0. The van der Waals surface area contributed by atoms with Crippen molar-refractivity contribution >= 4 is 17.6 Å². The van der Waals surface area contributed by atoms with Crippen LogP contribution in [0.1, 0.15) is 50.0 Å². The Hall–Kier alpha value is -1.06. The summed E-state index contributed by atoms with van der Waals surface area (Å²) < 4.78 is 0. The first-order valence-corrected chi connectivity index (χ1v) is 7.09. The zero-order valence-corrected chi connectivity index (χ0v) is 11.6. The molecule has 3 nitrogen and oxygen atoms in total. The normalized spacial score (nSPS) is 27.8. The summed E-state index contributed by atoms with van der Waals surface area (Å²) in [6.45, 7) is 0. The number of benzene rings is 1. The van der Waals surface area contributed by atoms with Gasteiger partial charge in [0.25, 0.3) is 0 Å². The average Bonchev–Trinajstić information content (AvgIpc) is 2.50. The number of carbonyl (C=O) groups is 1. The van der Waals surface area contributed by atoms with Crippen LogP contribution in [-0.2, 0) is 4.79 Å². The molecule has 0 amide bonds. The first kappa shape index (κ1) is 14.4. The summed E-state index contributed by atoms with van der Waals surface area (Å²) >= 11 is 6.01. The minimum atomic E-state index is -1.16. The average molecular weight is 283 g/mol. The van der Waals surface area contributed by atoms with Gasteiger partial charge >= 0.3 is 5.97 Å². The number of rotatable bonds is 3. The fourth-order valence-corrected chi connectivity index (χ4v) is 3.27. The lowest BCUT2D eigenvalue weighted by molar-refractivity contribution is -0.143. The predicted octanol–water partition coefficient (Wildman–Crippen LogP) is 3.59. The molecule has 0 spiro atoms. The molecule has 1 saturated carbocycles. The van der Waals surface area contributed by atoms with E-state index in [2.05, 4.69) is 0 Å². The van der Waals surface area contributed by atoms with E-state index in [9.17, 15) is 9.90 Å². The van der Waals surface area contributed by atoms with Gasteiger partial charge in [0.15, 0.2) is 0 Å². The summed E-state index contributed by atoms with van der Waals surface area (Å²) in [7, 11) is 0. The molecule has 104 valence electrons. The molecule has 0 radical (unpaired) electrons. The van der Waals surface area contributed by atoms with Crippen molar-refractivity contribution in [2.45, 2.75) is 50.0 Å². The zero-order valence-electron chi connectivity index (χ0n) is 10.8. The van der Waals surface area contributed by atoms with Crippen LogP contribution in [-0.4, -0.2) is 21.8 Å². The highest BCUT2D eigenvalue weighted by Crippen LogP contribution is 2.42. The molecule has 2 atom stereocenters. The number of carboxylic acid groups (broad SMARTS) is 1. The van der Waals surface area contributed by atoms with Crippen LogP contribution in [0.3, 0.4) is 0 Å². The van der Waals surface area contributed by atoms with Gasteiger partial charge in [0.1, 0.15) is 0 Å². The van der Waals surface area contributed by atoms with Gasteiger partial charge in [-0.1, -0.05) is 43.0 Å². The third-order valence-electron chi connectivity index (χ3n) is 3.96. The third-order valence-corrected chi connectivity index (χ3v) is 4.19. The Morgan fingerprint density at radius 3 is 2.84 bits per heavy atom. The van der Waals surface area contributed by atoms with Crippen LogP contribution < -0.4 is 0 Å². The lowest BCUT2D eigenvalue weighted by atomic mass is 9.76. The lowest BCUT2D eigenvalue weighted by Gasteiger charge is -2.34. The second-order valence-corrected chi connectivity index (χ2v) is 5.82. The number of carboxylic acids is 1. The Morgan fingerprint density at radius 2 is 2.16 bits per heavy atom. The molecule has 1 aliphatic rings. The Morgan fingerprint density at radius 1 is 1.37 bits per heavy atom.